The number of rotatable bonds is 6. The zero-order chi connectivity index (χ0) is 24.6. The van der Waals surface area contributed by atoms with Crippen LogP contribution >= 0.6 is 0 Å². The van der Waals surface area contributed by atoms with Gasteiger partial charge in [-0.3, -0.25) is 9.97 Å². The van der Waals surface area contributed by atoms with Gasteiger partial charge in [-0.05, 0) is 68.7 Å². The molecule has 5 aromatic rings. The van der Waals surface area contributed by atoms with E-state index in [2.05, 4.69) is 28.1 Å². The Labute approximate surface area is 203 Å². The average molecular weight is 467 g/mol. The largest absolute Gasteiger partial charge is 0.465 e. The summed E-state index contributed by atoms with van der Waals surface area (Å²) >= 11 is 0. The lowest BCUT2D eigenvalue weighted by Gasteiger charge is -2.29. The van der Waals surface area contributed by atoms with Crippen molar-refractivity contribution in [3.8, 4) is 11.1 Å². The predicted octanol–water partition coefficient (Wildman–Crippen LogP) is 5.57. The molecule has 0 saturated heterocycles. The van der Waals surface area contributed by atoms with E-state index in [0.29, 0.717) is 12.0 Å². The van der Waals surface area contributed by atoms with Crippen LogP contribution in [0.5, 0.6) is 0 Å². The Morgan fingerprint density at radius 2 is 1.91 bits per heavy atom. The Morgan fingerprint density at radius 3 is 2.57 bits per heavy atom. The van der Waals surface area contributed by atoms with Crippen LogP contribution in [-0.4, -0.2) is 33.2 Å². The number of aromatic amines is 1. The van der Waals surface area contributed by atoms with Crippen LogP contribution in [0.1, 0.15) is 45.6 Å². The molecule has 35 heavy (non-hydrogen) atoms. The number of methoxy groups -OCH3 is 1. The second-order valence-electron chi connectivity index (χ2n) is 8.93. The minimum Gasteiger partial charge on any atom is -0.465 e. The zero-order valence-corrected chi connectivity index (χ0v) is 20.1. The molecule has 7 nitrogen and oxygen atoms in total. The van der Waals surface area contributed by atoms with Crippen molar-refractivity contribution >= 4 is 17.0 Å². The van der Waals surface area contributed by atoms with Gasteiger partial charge in [0.25, 0.3) is 0 Å². The molecule has 1 aromatic carbocycles. The van der Waals surface area contributed by atoms with Crippen LogP contribution in [-0.2, 0) is 16.6 Å². The summed E-state index contributed by atoms with van der Waals surface area (Å²) in [5, 5.41) is 4.21. The van der Waals surface area contributed by atoms with Gasteiger partial charge >= 0.3 is 5.97 Å². The molecule has 0 aliphatic heterocycles. The molecule has 4 heterocycles. The molecular formula is C28H26N4O3. The van der Waals surface area contributed by atoms with Crippen LogP contribution in [0.15, 0.2) is 71.6 Å². The molecule has 0 amide bonds. The Kier molecular flexibility index (Phi) is 5.68. The Balaban J connectivity index is 1.52. The second-order valence-corrected chi connectivity index (χ2v) is 8.93. The lowest BCUT2D eigenvalue weighted by molar-refractivity contribution is 0.0600. The van der Waals surface area contributed by atoms with Gasteiger partial charge in [0.2, 0.25) is 0 Å². The number of aryl methyl sites for hydroxylation is 2. The van der Waals surface area contributed by atoms with Crippen LogP contribution in [0.2, 0.25) is 0 Å². The first-order valence-corrected chi connectivity index (χ1v) is 11.4. The first kappa shape index (κ1) is 22.5. The third-order valence-corrected chi connectivity index (χ3v) is 6.56. The van der Waals surface area contributed by atoms with Gasteiger partial charge in [0, 0.05) is 35.1 Å². The quantitative estimate of drug-likeness (QED) is 0.329. The average Bonchev–Trinajstić information content (AvgIpc) is 3.46. The number of pyridine rings is 2. The number of benzene rings is 1. The smallest absolute Gasteiger partial charge is 0.337 e. The van der Waals surface area contributed by atoms with Crippen LogP contribution in [0.25, 0.3) is 22.2 Å². The van der Waals surface area contributed by atoms with E-state index in [1.54, 1.807) is 12.1 Å². The van der Waals surface area contributed by atoms with Crippen molar-refractivity contribution in [1.82, 2.24) is 20.1 Å². The highest BCUT2D eigenvalue weighted by atomic mass is 16.5. The number of esters is 1. The van der Waals surface area contributed by atoms with Crippen molar-refractivity contribution in [1.29, 1.82) is 0 Å². The van der Waals surface area contributed by atoms with E-state index in [1.165, 1.54) is 7.11 Å². The summed E-state index contributed by atoms with van der Waals surface area (Å²) in [5.41, 5.74) is 7.76. The fourth-order valence-corrected chi connectivity index (χ4v) is 4.95. The number of fused-ring (bicyclic) bond motifs is 1. The number of H-pyrrole nitrogens is 1. The van der Waals surface area contributed by atoms with E-state index in [0.717, 1.165) is 50.4 Å². The van der Waals surface area contributed by atoms with Crippen LogP contribution in [0.4, 0.5) is 0 Å². The van der Waals surface area contributed by atoms with Gasteiger partial charge in [-0.25, -0.2) is 4.79 Å². The van der Waals surface area contributed by atoms with Gasteiger partial charge in [0.05, 0.1) is 35.1 Å². The number of carbonyl (C=O) groups is 1. The summed E-state index contributed by atoms with van der Waals surface area (Å²) < 4.78 is 10.3. The summed E-state index contributed by atoms with van der Waals surface area (Å²) in [4.78, 5) is 24.6. The molecule has 0 spiro atoms. The van der Waals surface area contributed by atoms with Crippen LogP contribution in [0, 0.1) is 13.8 Å². The van der Waals surface area contributed by atoms with E-state index >= 15 is 0 Å². The number of hydrogen-bond acceptors (Lipinski definition) is 6. The van der Waals surface area contributed by atoms with Crippen molar-refractivity contribution in [3.05, 3.63) is 101 Å². The zero-order valence-electron chi connectivity index (χ0n) is 20.1. The molecule has 5 rings (SSSR count). The van der Waals surface area contributed by atoms with Crippen molar-refractivity contribution in [3.63, 3.8) is 0 Å². The standard InChI is InChI=1S/C28H26N4O3/c1-17-25(18(2)35-32-17)28(3,24-7-5-6-12-29-24)14-19-13-23-26(31-15-19)22(16-30-23)20-8-10-21(11-9-20)27(33)34-4/h5-13,15-16,30H,14H2,1-4H3. The molecule has 7 heteroatoms. The molecule has 176 valence electrons. The predicted molar refractivity (Wildman–Crippen MR) is 133 cm³/mol. The number of ether oxygens (including phenoxy) is 1. The number of aromatic nitrogens is 4. The molecule has 0 saturated carbocycles. The van der Waals surface area contributed by atoms with E-state index in [-0.39, 0.29) is 5.97 Å². The maximum atomic E-state index is 11.7. The minimum absolute atomic E-state index is 0.354. The molecule has 0 bridgehead atoms. The van der Waals surface area contributed by atoms with Gasteiger partial charge in [-0.1, -0.05) is 23.4 Å². The maximum absolute atomic E-state index is 11.7. The molecule has 0 radical (unpaired) electrons. The summed E-state index contributed by atoms with van der Waals surface area (Å²) in [5.74, 6) is 0.440. The SMILES string of the molecule is COC(=O)c1ccc(-c2c[nH]c3cc(CC(C)(c4ccccn4)c4c(C)noc4C)cnc23)cc1. The molecule has 1 atom stereocenters. The van der Waals surface area contributed by atoms with E-state index in [9.17, 15) is 4.79 Å². The second kappa shape index (κ2) is 8.83. The van der Waals surface area contributed by atoms with Gasteiger partial charge in [-0.15, -0.1) is 0 Å². The molecule has 1 unspecified atom stereocenters. The summed E-state index contributed by atoms with van der Waals surface area (Å²) in [7, 11) is 1.38. The summed E-state index contributed by atoms with van der Waals surface area (Å²) in [6.07, 6.45) is 6.36. The van der Waals surface area contributed by atoms with Crippen molar-refractivity contribution in [2.75, 3.05) is 7.11 Å². The highest BCUT2D eigenvalue weighted by molar-refractivity contribution is 5.94. The summed E-state index contributed by atoms with van der Waals surface area (Å²) in [6, 6.07) is 15.4. The molecule has 1 N–H and O–H groups in total. The molecule has 0 fully saturated rings. The number of nitrogens with one attached hydrogen (secondary N) is 1. The number of nitrogens with zero attached hydrogens (tertiary/aromatic N) is 3. The third-order valence-electron chi connectivity index (χ3n) is 6.56. The van der Waals surface area contributed by atoms with Crippen LogP contribution < -0.4 is 0 Å². The highest BCUT2D eigenvalue weighted by Crippen LogP contribution is 2.38. The highest BCUT2D eigenvalue weighted by Gasteiger charge is 2.36. The maximum Gasteiger partial charge on any atom is 0.337 e. The number of hydrogen-bond donors (Lipinski definition) is 1. The monoisotopic (exact) mass is 466 g/mol. The fourth-order valence-electron chi connectivity index (χ4n) is 4.95. The molecular weight excluding hydrogens is 440 g/mol. The molecule has 0 aliphatic carbocycles. The van der Waals surface area contributed by atoms with Crippen molar-refractivity contribution < 1.29 is 14.1 Å². The third kappa shape index (κ3) is 3.99. The number of carbonyl (C=O) groups excluding carboxylic acids is 1. The Morgan fingerprint density at radius 1 is 1.11 bits per heavy atom. The van der Waals surface area contributed by atoms with Gasteiger partial charge in [0.15, 0.2) is 0 Å². The molecule has 0 aliphatic rings. The van der Waals surface area contributed by atoms with Gasteiger partial charge < -0.3 is 14.2 Å². The van der Waals surface area contributed by atoms with Crippen molar-refractivity contribution in [2.24, 2.45) is 0 Å². The Hall–Kier alpha value is -4.26. The molecule has 4 aromatic heterocycles. The normalized spacial score (nSPS) is 13.0. The van der Waals surface area contributed by atoms with Crippen molar-refractivity contribution in [2.45, 2.75) is 32.6 Å². The van der Waals surface area contributed by atoms with E-state index in [1.807, 2.05) is 62.8 Å². The van der Waals surface area contributed by atoms with Gasteiger partial charge in [0.1, 0.15) is 5.76 Å². The minimum atomic E-state index is -0.441. The first-order valence-electron chi connectivity index (χ1n) is 11.4. The van der Waals surface area contributed by atoms with E-state index < -0.39 is 5.41 Å². The van der Waals surface area contributed by atoms with E-state index in [4.69, 9.17) is 14.2 Å². The fraction of sp³-hybridized carbons (Fsp3) is 0.214. The van der Waals surface area contributed by atoms with Crippen LogP contribution in [0.3, 0.4) is 0 Å². The lowest BCUT2D eigenvalue weighted by Crippen LogP contribution is -2.29. The Bertz CT molecular complexity index is 1480. The van der Waals surface area contributed by atoms with Gasteiger partial charge in [-0.2, -0.15) is 0 Å². The lowest BCUT2D eigenvalue weighted by atomic mass is 9.73. The first-order chi connectivity index (χ1) is 16.9. The topological polar surface area (TPSA) is 93.9 Å². The summed E-state index contributed by atoms with van der Waals surface area (Å²) in [6.45, 7) is 6.09.